The van der Waals surface area contributed by atoms with Crippen LogP contribution in [0.15, 0.2) is 24.5 Å². The highest BCUT2D eigenvalue weighted by molar-refractivity contribution is 7.19. The van der Waals surface area contributed by atoms with Crippen LogP contribution in [0.25, 0.3) is 10.2 Å². The molecule has 25 heavy (non-hydrogen) atoms. The van der Waals surface area contributed by atoms with E-state index in [1.54, 1.807) is 11.3 Å². The third-order valence-corrected chi connectivity index (χ3v) is 5.67. The summed E-state index contributed by atoms with van der Waals surface area (Å²) in [4.78, 5) is 21.5. The van der Waals surface area contributed by atoms with Crippen LogP contribution in [0, 0.1) is 10.1 Å². The number of hydrogen-bond acceptors (Lipinski definition) is 7. The van der Waals surface area contributed by atoms with Crippen molar-refractivity contribution < 1.29 is 10.0 Å². The van der Waals surface area contributed by atoms with Crippen LogP contribution in [0.4, 0.5) is 11.5 Å². The summed E-state index contributed by atoms with van der Waals surface area (Å²) in [6.07, 6.45) is 6.01. The minimum absolute atomic E-state index is 0.0238. The van der Waals surface area contributed by atoms with E-state index >= 15 is 0 Å². The normalized spacial score (nSPS) is 13.6. The SMILES string of the molecule is O=[N+]([O-])c1ccc(O)c(CNc2ncnc3sc4c(c23)CCCC4)c1. The smallest absolute Gasteiger partial charge is 0.270 e. The van der Waals surface area contributed by atoms with Gasteiger partial charge in [0.1, 0.15) is 22.7 Å². The van der Waals surface area contributed by atoms with Crippen molar-refractivity contribution in [3.05, 3.63) is 50.6 Å². The number of phenolic OH excluding ortho intramolecular Hbond substituents is 1. The number of nitrogens with one attached hydrogen (secondary N) is 1. The van der Waals surface area contributed by atoms with Crippen LogP contribution >= 0.6 is 11.3 Å². The van der Waals surface area contributed by atoms with Crippen molar-refractivity contribution in [1.82, 2.24) is 9.97 Å². The lowest BCUT2D eigenvalue weighted by Crippen LogP contribution is -2.05. The Bertz CT molecular complexity index is 970. The molecule has 2 aromatic heterocycles. The van der Waals surface area contributed by atoms with E-state index in [-0.39, 0.29) is 18.0 Å². The van der Waals surface area contributed by atoms with Crippen LogP contribution in [0.1, 0.15) is 28.8 Å². The predicted octanol–water partition coefficient (Wildman–Crippen LogP) is 3.80. The van der Waals surface area contributed by atoms with Gasteiger partial charge in [-0.15, -0.1) is 11.3 Å². The number of aromatic hydroxyl groups is 1. The van der Waals surface area contributed by atoms with Gasteiger partial charge in [-0.3, -0.25) is 10.1 Å². The average Bonchev–Trinajstić information content (AvgIpc) is 3.00. The van der Waals surface area contributed by atoms with Crippen LogP contribution in [-0.2, 0) is 19.4 Å². The van der Waals surface area contributed by atoms with Gasteiger partial charge in [0.15, 0.2) is 0 Å². The lowest BCUT2D eigenvalue weighted by atomic mass is 9.97. The summed E-state index contributed by atoms with van der Waals surface area (Å²) in [5.41, 5.74) is 1.73. The molecule has 4 rings (SSSR count). The molecule has 0 radical (unpaired) electrons. The maximum absolute atomic E-state index is 10.9. The third-order valence-electron chi connectivity index (χ3n) is 4.47. The van der Waals surface area contributed by atoms with Crippen molar-refractivity contribution in [3.63, 3.8) is 0 Å². The Kier molecular flexibility index (Phi) is 3.96. The largest absolute Gasteiger partial charge is 0.508 e. The van der Waals surface area contributed by atoms with Crippen molar-refractivity contribution in [2.24, 2.45) is 0 Å². The number of rotatable bonds is 4. The van der Waals surface area contributed by atoms with Crippen molar-refractivity contribution in [2.45, 2.75) is 32.2 Å². The molecule has 0 spiro atoms. The van der Waals surface area contributed by atoms with Gasteiger partial charge < -0.3 is 10.4 Å². The van der Waals surface area contributed by atoms with Crippen LogP contribution in [0.5, 0.6) is 5.75 Å². The molecule has 0 aliphatic heterocycles. The van der Waals surface area contributed by atoms with E-state index < -0.39 is 4.92 Å². The molecular weight excluding hydrogens is 340 g/mol. The van der Waals surface area contributed by atoms with Gasteiger partial charge in [0.05, 0.1) is 10.3 Å². The Morgan fingerprint density at radius 2 is 2.12 bits per heavy atom. The Morgan fingerprint density at radius 1 is 1.28 bits per heavy atom. The summed E-state index contributed by atoms with van der Waals surface area (Å²) in [6.45, 7) is 0.254. The van der Waals surface area contributed by atoms with E-state index in [9.17, 15) is 15.2 Å². The van der Waals surface area contributed by atoms with E-state index in [2.05, 4.69) is 15.3 Å². The number of hydrogen-bond donors (Lipinski definition) is 2. The number of nitro groups is 1. The zero-order valence-corrected chi connectivity index (χ0v) is 14.2. The highest BCUT2D eigenvalue weighted by Gasteiger charge is 2.20. The van der Waals surface area contributed by atoms with E-state index in [1.807, 2.05) is 0 Å². The predicted molar refractivity (Wildman–Crippen MR) is 96.1 cm³/mol. The van der Waals surface area contributed by atoms with Crippen LogP contribution in [-0.4, -0.2) is 20.0 Å². The zero-order chi connectivity index (χ0) is 17.4. The second kappa shape index (κ2) is 6.29. The number of aromatic nitrogens is 2. The van der Waals surface area contributed by atoms with E-state index in [4.69, 9.17) is 0 Å². The molecule has 1 aliphatic carbocycles. The molecule has 2 N–H and O–H groups in total. The number of anilines is 1. The van der Waals surface area contributed by atoms with Crippen molar-refractivity contribution >= 4 is 33.1 Å². The second-order valence-electron chi connectivity index (χ2n) is 6.04. The Labute approximate surface area is 147 Å². The van der Waals surface area contributed by atoms with Crippen LogP contribution in [0.3, 0.4) is 0 Å². The molecule has 0 bridgehead atoms. The molecule has 128 valence electrons. The fourth-order valence-electron chi connectivity index (χ4n) is 3.23. The summed E-state index contributed by atoms with van der Waals surface area (Å²) in [6, 6.07) is 4.01. The molecule has 1 aliphatic rings. The molecular formula is C17H16N4O3S. The van der Waals surface area contributed by atoms with Gasteiger partial charge in [-0.05, 0) is 37.3 Å². The quantitative estimate of drug-likeness (QED) is 0.545. The molecule has 8 heteroatoms. The number of benzene rings is 1. The molecule has 0 fully saturated rings. The molecule has 0 atom stereocenters. The summed E-state index contributed by atoms with van der Waals surface area (Å²) >= 11 is 1.72. The van der Waals surface area contributed by atoms with Gasteiger partial charge in [0.2, 0.25) is 0 Å². The minimum atomic E-state index is -0.471. The molecule has 0 amide bonds. The first-order valence-corrected chi connectivity index (χ1v) is 8.90. The van der Waals surface area contributed by atoms with Gasteiger partial charge in [-0.1, -0.05) is 0 Å². The molecule has 2 heterocycles. The Balaban J connectivity index is 1.67. The first-order valence-electron chi connectivity index (χ1n) is 8.09. The average molecular weight is 356 g/mol. The zero-order valence-electron chi connectivity index (χ0n) is 13.4. The lowest BCUT2D eigenvalue weighted by Gasteiger charge is -2.12. The maximum atomic E-state index is 10.9. The van der Waals surface area contributed by atoms with E-state index in [0.717, 1.165) is 28.9 Å². The number of nitrogens with zero attached hydrogens (tertiary/aromatic N) is 3. The number of fused-ring (bicyclic) bond motifs is 3. The van der Waals surface area contributed by atoms with Crippen molar-refractivity contribution in [1.29, 1.82) is 0 Å². The molecule has 0 unspecified atom stereocenters. The standard InChI is InChI=1S/C17H16N4O3S/c22-13-6-5-11(21(23)24)7-10(13)8-18-16-15-12-3-1-2-4-14(12)25-17(15)20-9-19-16/h5-7,9,22H,1-4,8H2,(H,18,19,20). The van der Waals surface area contributed by atoms with Crippen LogP contribution in [0.2, 0.25) is 0 Å². The summed E-state index contributed by atoms with van der Waals surface area (Å²) < 4.78 is 0. The van der Waals surface area contributed by atoms with Crippen molar-refractivity contribution in [2.75, 3.05) is 5.32 Å². The van der Waals surface area contributed by atoms with E-state index in [0.29, 0.717) is 5.56 Å². The lowest BCUT2D eigenvalue weighted by molar-refractivity contribution is -0.384. The topological polar surface area (TPSA) is 101 Å². The monoisotopic (exact) mass is 356 g/mol. The molecule has 3 aromatic rings. The second-order valence-corrected chi connectivity index (χ2v) is 7.12. The minimum Gasteiger partial charge on any atom is -0.508 e. The Morgan fingerprint density at radius 3 is 2.96 bits per heavy atom. The summed E-state index contributed by atoms with van der Waals surface area (Å²) in [5, 5.41) is 25.2. The van der Waals surface area contributed by atoms with E-state index in [1.165, 1.54) is 47.8 Å². The highest BCUT2D eigenvalue weighted by Crippen LogP contribution is 2.38. The molecule has 0 saturated heterocycles. The first-order chi connectivity index (χ1) is 12.1. The number of nitro benzene ring substituents is 1. The fraction of sp³-hybridized carbons (Fsp3) is 0.294. The third kappa shape index (κ3) is 2.89. The molecule has 0 saturated carbocycles. The van der Waals surface area contributed by atoms with Gasteiger partial charge in [0.25, 0.3) is 5.69 Å². The first kappa shape index (κ1) is 15.8. The van der Waals surface area contributed by atoms with Gasteiger partial charge in [0, 0.05) is 29.1 Å². The number of aryl methyl sites for hydroxylation is 2. The molecule has 7 nitrogen and oxygen atoms in total. The van der Waals surface area contributed by atoms with Crippen molar-refractivity contribution in [3.8, 4) is 5.75 Å². The Hall–Kier alpha value is -2.74. The van der Waals surface area contributed by atoms with Crippen LogP contribution < -0.4 is 5.32 Å². The number of thiophene rings is 1. The number of phenols is 1. The van der Waals surface area contributed by atoms with Gasteiger partial charge >= 0.3 is 0 Å². The summed E-state index contributed by atoms with van der Waals surface area (Å²) in [7, 11) is 0. The maximum Gasteiger partial charge on any atom is 0.270 e. The fourth-order valence-corrected chi connectivity index (χ4v) is 4.46. The highest BCUT2D eigenvalue weighted by atomic mass is 32.1. The molecule has 1 aromatic carbocycles. The van der Waals surface area contributed by atoms with Gasteiger partial charge in [-0.25, -0.2) is 9.97 Å². The van der Waals surface area contributed by atoms with Gasteiger partial charge in [-0.2, -0.15) is 0 Å². The number of non-ortho nitro benzene ring substituents is 1. The summed E-state index contributed by atoms with van der Waals surface area (Å²) in [5.74, 6) is 0.742.